The molecule has 6 rings (SSSR count). The van der Waals surface area contributed by atoms with Crippen molar-refractivity contribution in [2.75, 3.05) is 18.4 Å². The maximum absolute atomic E-state index is 12.8. The zero-order chi connectivity index (χ0) is 20.2. The number of amides is 1. The van der Waals surface area contributed by atoms with E-state index in [-0.39, 0.29) is 18.2 Å². The van der Waals surface area contributed by atoms with Crippen molar-refractivity contribution in [3.8, 4) is 6.07 Å². The van der Waals surface area contributed by atoms with E-state index < -0.39 is 5.60 Å². The number of anilines is 1. The number of aryl methyl sites for hydroxylation is 1. The second-order valence-electron chi connectivity index (χ2n) is 9.58. The highest BCUT2D eigenvalue weighted by Crippen LogP contribution is 2.56. The van der Waals surface area contributed by atoms with Gasteiger partial charge < -0.3 is 20.1 Å². The maximum Gasteiger partial charge on any atom is 0.410 e. The molecule has 4 aliphatic carbocycles. The summed E-state index contributed by atoms with van der Waals surface area (Å²) in [5.74, 6) is 1.80. The number of carbonyl (C=O) groups excluding carboxylic acids is 1. The van der Waals surface area contributed by atoms with Crippen LogP contribution in [-0.4, -0.2) is 51.9 Å². The first kappa shape index (κ1) is 18.7. The van der Waals surface area contributed by atoms with Crippen molar-refractivity contribution in [2.45, 2.75) is 63.2 Å². The van der Waals surface area contributed by atoms with Crippen molar-refractivity contribution in [2.24, 2.45) is 17.8 Å². The van der Waals surface area contributed by atoms with Gasteiger partial charge in [0.25, 0.3) is 0 Å². The van der Waals surface area contributed by atoms with Crippen LogP contribution in [0.4, 0.5) is 10.6 Å². The largest absolute Gasteiger partial charge is 0.446 e. The van der Waals surface area contributed by atoms with Gasteiger partial charge in [-0.25, -0.2) is 9.78 Å². The molecule has 0 aromatic carbocycles. The Labute approximate surface area is 171 Å². The van der Waals surface area contributed by atoms with Crippen LogP contribution in [-0.2, 0) is 4.74 Å². The zero-order valence-corrected chi connectivity index (χ0v) is 16.8. The number of hydrogen-bond donors (Lipinski definition) is 2. The van der Waals surface area contributed by atoms with E-state index >= 15 is 0 Å². The molecule has 2 heterocycles. The number of nitrogens with zero attached hydrogens (tertiary/aromatic N) is 3. The van der Waals surface area contributed by atoms with E-state index in [1.807, 2.05) is 13.0 Å². The van der Waals surface area contributed by atoms with Crippen LogP contribution >= 0.6 is 0 Å². The molecular weight excluding hydrogens is 368 g/mol. The summed E-state index contributed by atoms with van der Waals surface area (Å²) < 4.78 is 6.00. The Morgan fingerprint density at radius 1 is 1.34 bits per heavy atom. The average Bonchev–Trinajstić information content (AvgIpc) is 3.12. The van der Waals surface area contributed by atoms with Gasteiger partial charge in [0.1, 0.15) is 18.0 Å². The third-order valence-corrected chi connectivity index (χ3v) is 7.33. The summed E-state index contributed by atoms with van der Waals surface area (Å²) in [6.07, 6.45) is 5.16. The van der Waals surface area contributed by atoms with Crippen LogP contribution in [0.1, 0.15) is 49.8 Å². The van der Waals surface area contributed by atoms with Crippen molar-refractivity contribution in [3.05, 3.63) is 23.4 Å². The molecule has 5 aliphatic rings. The van der Waals surface area contributed by atoms with Gasteiger partial charge in [-0.05, 0) is 75.3 Å². The van der Waals surface area contributed by atoms with Crippen LogP contribution in [0.25, 0.3) is 0 Å². The van der Waals surface area contributed by atoms with Crippen LogP contribution in [0.3, 0.4) is 0 Å². The number of rotatable bonds is 3. The van der Waals surface area contributed by atoms with Gasteiger partial charge in [0.2, 0.25) is 0 Å². The minimum absolute atomic E-state index is 0.0463. The van der Waals surface area contributed by atoms with Gasteiger partial charge in [-0.1, -0.05) is 0 Å². The van der Waals surface area contributed by atoms with Crippen LogP contribution in [0.5, 0.6) is 0 Å². The van der Waals surface area contributed by atoms with E-state index in [0.717, 1.165) is 44.2 Å². The Balaban J connectivity index is 1.20. The average molecular weight is 396 g/mol. The molecular formula is C22H28N4O3. The number of nitriles is 1. The highest BCUT2D eigenvalue weighted by molar-refractivity contribution is 5.68. The standard InChI is InChI=1S/C22H28N4O3/c1-13-2-3-15(11-23)20(24-13)25-18-4-5-26(12-18)21(27)29-19-16-6-14-7-17(19)10-22(28,8-14)9-16/h2-3,14,16-19,28H,4-10,12H2,1H3,(H,24,25)/t14?,16?,17?,18-,19-,22-/m1/s1. The van der Waals surface area contributed by atoms with Crippen LogP contribution in [0, 0.1) is 36.0 Å². The summed E-state index contributed by atoms with van der Waals surface area (Å²) in [5.41, 5.74) is 0.855. The SMILES string of the molecule is Cc1ccc(C#N)c(N[C@@H]2CCN(C(=O)O[C@H]3C4CC5CC3C[C@](O)(C5)C4)C2)n1. The van der Waals surface area contributed by atoms with Gasteiger partial charge in [-0.3, -0.25) is 0 Å². The summed E-state index contributed by atoms with van der Waals surface area (Å²) in [6.45, 7) is 3.08. The number of aromatic nitrogens is 1. The van der Waals surface area contributed by atoms with E-state index in [2.05, 4.69) is 16.4 Å². The number of hydrogen-bond acceptors (Lipinski definition) is 6. The van der Waals surface area contributed by atoms with E-state index in [0.29, 0.717) is 42.2 Å². The lowest BCUT2D eigenvalue weighted by Gasteiger charge is -2.57. The number of likely N-dealkylation sites (tertiary alicyclic amines) is 1. The third-order valence-electron chi connectivity index (χ3n) is 7.33. The molecule has 1 aliphatic heterocycles. The predicted molar refractivity (Wildman–Crippen MR) is 106 cm³/mol. The minimum atomic E-state index is -0.513. The highest BCUT2D eigenvalue weighted by atomic mass is 16.6. The summed E-state index contributed by atoms with van der Waals surface area (Å²) in [6, 6.07) is 5.82. The van der Waals surface area contributed by atoms with Gasteiger partial charge in [-0.2, -0.15) is 5.26 Å². The lowest BCUT2D eigenvalue weighted by Crippen LogP contribution is -2.58. The van der Waals surface area contributed by atoms with E-state index in [9.17, 15) is 15.2 Å². The Morgan fingerprint density at radius 3 is 2.79 bits per heavy atom. The van der Waals surface area contributed by atoms with Crippen LogP contribution < -0.4 is 5.32 Å². The van der Waals surface area contributed by atoms with Gasteiger partial charge in [-0.15, -0.1) is 0 Å². The molecule has 2 unspecified atom stereocenters. The molecule has 5 fully saturated rings. The Bertz CT molecular complexity index is 850. The molecule has 4 bridgehead atoms. The molecule has 0 radical (unpaired) electrons. The second kappa shape index (κ2) is 6.88. The smallest absolute Gasteiger partial charge is 0.410 e. The van der Waals surface area contributed by atoms with Gasteiger partial charge in [0.05, 0.1) is 11.2 Å². The third kappa shape index (κ3) is 3.44. The number of aliphatic hydroxyl groups is 1. The molecule has 2 N–H and O–H groups in total. The molecule has 154 valence electrons. The summed E-state index contributed by atoms with van der Waals surface area (Å²) in [7, 11) is 0. The van der Waals surface area contributed by atoms with Gasteiger partial charge in [0.15, 0.2) is 0 Å². The Kier molecular flexibility index (Phi) is 4.43. The monoisotopic (exact) mass is 396 g/mol. The Morgan fingerprint density at radius 2 is 2.10 bits per heavy atom. The number of nitrogens with one attached hydrogen (secondary N) is 1. The van der Waals surface area contributed by atoms with Crippen LogP contribution in [0.15, 0.2) is 12.1 Å². The maximum atomic E-state index is 12.8. The van der Waals surface area contributed by atoms with E-state index in [1.54, 1.807) is 11.0 Å². The molecule has 1 saturated heterocycles. The summed E-state index contributed by atoms with van der Waals surface area (Å²) >= 11 is 0. The first-order valence-electron chi connectivity index (χ1n) is 10.7. The first-order valence-corrected chi connectivity index (χ1v) is 10.7. The Hall–Kier alpha value is -2.33. The normalized spacial score (nSPS) is 37.4. The molecule has 29 heavy (non-hydrogen) atoms. The lowest BCUT2D eigenvalue weighted by atomic mass is 9.53. The molecule has 1 aromatic heterocycles. The zero-order valence-electron chi connectivity index (χ0n) is 16.8. The topological polar surface area (TPSA) is 98.5 Å². The molecule has 3 atom stereocenters. The van der Waals surface area contributed by atoms with Gasteiger partial charge >= 0.3 is 6.09 Å². The highest BCUT2D eigenvalue weighted by Gasteiger charge is 2.56. The fraction of sp³-hybridized carbons (Fsp3) is 0.682. The summed E-state index contributed by atoms with van der Waals surface area (Å²) in [4.78, 5) is 19.0. The quantitative estimate of drug-likeness (QED) is 0.815. The van der Waals surface area contributed by atoms with Crippen molar-refractivity contribution in [1.29, 1.82) is 5.26 Å². The molecule has 1 amide bonds. The molecule has 4 saturated carbocycles. The van der Waals surface area contributed by atoms with Crippen molar-refractivity contribution >= 4 is 11.9 Å². The fourth-order valence-electron chi connectivity index (χ4n) is 6.31. The summed E-state index contributed by atoms with van der Waals surface area (Å²) in [5, 5.41) is 23.3. The lowest BCUT2D eigenvalue weighted by molar-refractivity contribution is -0.177. The number of pyridine rings is 1. The molecule has 0 spiro atoms. The van der Waals surface area contributed by atoms with E-state index in [1.165, 1.54) is 0 Å². The molecule has 1 aromatic rings. The van der Waals surface area contributed by atoms with Crippen LogP contribution in [0.2, 0.25) is 0 Å². The number of ether oxygens (including phenoxy) is 1. The number of carbonyl (C=O) groups is 1. The molecule has 7 heteroatoms. The van der Waals surface area contributed by atoms with Crippen molar-refractivity contribution in [3.63, 3.8) is 0 Å². The van der Waals surface area contributed by atoms with E-state index in [4.69, 9.17) is 4.74 Å². The van der Waals surface area contributed by atoms with Crippen molar-refractivity contribution < 1.29 is 14.6 Å². The predicted octanol–water partition coefficient (Wildman–Crippen LogP) is 2.82. The molecule has 7 nitrogen and oxygen atoms in total. The minimum Gasteiger partial charge on any atom is -0.446 e. The fourth-order valence-corrected chi connectivity index (χ4v) is 6.31. The first-order chi connectivity index (χ1) is 13.9. The van der Waals surface area contributed by atoms with Crippen molar-refractivity contribution in [1.82, 2.24) is 9.88 Å². The second-order valence-corrected chi connectivity index (χ2v) is 9.58. The van der Waals surface area contributed by atoms with Gasteiger partial charge in [0, 0.05) is 24.8 Å².